The molecule has 1 aromatic carbocycles. The average molecular weight is 516 g/mol. The monoisotopic (exact) mass is 515 g/mol. The highest BCUT2D eigenvalue weighted by molar-refractivity contribution is 6.10. The maximum atomic E-state index is 13.2. The maximum absolute atomic E-state index is 13.2. The van der Waals surface area contributed by atoms with Gasteiger partial charge in [0, 0.05) is 30.4 Å². The van der Waals surface area contributed by atoms with E-state index >= 15 is 0 Å². The summed E-state index contributed by atoms with van der Waals surface area (Å²) in [6.45, 7) is 5.30. The zero-order valence-electron chi connectivity index (χ0n) is 22.0. The fraction of sp³-hybridized carbons (Fsp3) is 0.379. The van der Waals surface area contributed by atoms with Crippen LogP contribution in [0.1, 0.15) is 54.6 Å². The first-order valence-electron chi connectivity index (χ1n) is 13.2. The molecule has 0 radical (unpaired) electrons. The third-order valence-corrected chi connectivity index (χ3v) is 7.30. The molecule has 0 bridgehead atoms. The molecule has 2 aliphatic heterocycles. The highest BCUT2D eigenvalue weighted by Gasteiger charge is 2.51. The number of imide groups is 1. The van der Waals surface area contributed by atoms with Gasteiger partial charge >= 0.3 is 6.03 Å². The highest BCUT2D eigenvalue weighted by atomic mass is 16.5. The van der Waals surface area contributed by atoms with Gasteiger partial charge in [0.05, 0.1) is 19.9 Å². The van der Waals surface area contributed by atoms with Crippen LogP contribution >= 0.6 is 0 Å². The molecule has 4 aliphatic rings. The zero-order chi connectivity index (χ0) is 26.9. The van der Waals surface area contributed by atoms with E-state index in [4.69, 9.17) is 4.74 Å². The Morgan fingerprint density at radius 3 is 2.68 bits per heavy atom. The number of hydrogen-bond donors (Lipinski definition) is 2. The first kappa shape index (κ1) is 25.5. The lowest BCUT2D eigenvalue weighted by molar-refractivity contribution is -0.123. The first-order chi connectivity index (χ1) is 18.4. The molecule has 1 aromatic heterocycles. The Labute approximate surface area is 222 Å². The minimum absolute atomic E-state index is 0.0130. The van der Waals surface area contributed by atoms with Crippen molar-refractivity contribution in [2.24, 2.45) is 5.92 Å². The molecule has 1 atom stereocenters. The van der Waals surface area contributed by atoms with Crippen molar-refractivity contribution in [1.82, 2.24) is 25.3 Å². The third kappa shape index (κ3) is 4.76. The number of nitrogens with zero attached hydrogens (tertiary/aromatic N) is 3. The Hall–Kier alpha value is -4.14. The summed E-state index contributed by atoms with van der Waals surface area (Å²) in [4.78, 5) is 40.3. The van der Waals surface area contributed by atoms with Crippen LogP contribution in [0, 0.1) is 5.92 Å². The van der Waals surface area contributed by atoms with E-state index in [1.807, 2.05) is 61.2 Å². The van der Waals surface area contributed by atoms with E-state index in [0.29, 0.717) is 29.9 Å². The second-order valence-corrected chi connectivity index (χ2v) is 9.81. The molecule has 0 unspecified atom stereocenters. The van der Waals surface area contributed by atoms with E-state index in [2.05, 4.69) is 21.9 Å². The fourth-order valence-electron chi connectivity index (χ4n) is 5.10. The van der Waals surface area contributed by atoms with Crippen molar-refractivity contribution in [3.63, 3.8) is 0 Å². The Bertz CT molecular complexity index is 1370. The molecule has 0 spiro atoms. The number of allylic oxidation sites excluding steroid dienone is 4. The minimum atomic E-state index is -1.39. The number of methoxy groups -OCH3 is 1. The van der Waals surface area contributed by atoms with Crippen LogP contribution in [0.3, 0.4) is 0 Å². The summed E-state index contributed by atoms with van der Waals surface area (Å²) >= 11 is 0. The Morgan fingerprint density at radius 2 is 1.97 bits per heavy atom. The van der Waals surface area contributed by atoms with Gasteiger partial charge in [0.15, 0.2) is 5.54 Å². The second kappa shape index (κ2) is 10.3. The largest absolute Gasteiger partial charge is 0.497 e. The molecule has 4 amide bonds. The van der Waals surface area contributed by atoms with Gasteiger partial charge in [-0.2, -0.15) is 5.10 Å². The first-order valence-corrected chi connectivity index (χ1v) is 13.2. The molecular formula is C29H33N5O4. The molecule has 9 heteroatoms. The standard InChI is InChI=1S/C27H27N5O4.C2H6/c1-36-22-10-8-19-14-31(24(33)23(19)11-22)16-27(25(34)29-26(35)30-27)21-4-2-3-18(7-9-21)20-12-28-32(15-20)13-17-5-6-17;1-2/h2,4,7-12,15,17H,3,5-6,13-14,16H2,1H3,(H2,29,30,34,35);1-2H3/t27-;/m0./s1. The number of benzene rings is 1. The molecule has 2 fully saturated rings. The van der Waals surface area contributed by atoms with Crippen LogP contribution in [0.15, 0.2) is 60.5 Å². The van der Waals surface area contributed by atoms with Crippen LogP contribution in [0.25, 0.3) is 5.57 Å². The Morgan fingerprint density at radius 1 is 1.16 bits per heavy atom. The van der Waals surface area contributed by atoms with Gasteiger partial charge in [0.2, 0.25) is 0 Å². The van der Waals surface area contributed by atoms with Crippen molar-refractivity contribution in [2.45, 2.75) is 51.7 Å². The quantitative estimate of drug-likeness (QED) is 0.546. The van der Waals surface area contributed by atoms with Crippen LogP contribution in [0.5, 0.6) is 5.75 Å². The van der Waals surface area contributed by atoms with E-state index in [9.17, 15) is 14.4 Å². The van der Waals surface area contributed by atoms with E-state index in [1.165, 1.54) is 12.8 Å². The van der Waals surface area contributed by atoms with Gasteiger partial charge in [-0.1, -0.05) is 44.2 Å². The molecule has 198 valence electrons. The van der Waals surface area contributed by atoms with Gasteiger partial charge in [-0.05, 0) is 54.0 Å². The number of aromatic nitrogens is 2. The zero-order valence-corrected chi connectivity index (χ0v) is 22.0. The number of rotatable bonds is 7. The number of amides is 4. The van der Waals surface area contributed by atoms with Crippen molar-refractivity contribution in [3.05, 3.63) is 77.2 Å². The van der Waals surface area contributed by atoms with E-state index in [-0.39, 0.29) is 12.5 Å². The fourth-order valence-corrected chi connectivity index (χ4v) is 5.10. The van der Waals surface area contributed by atoms with Gasteiger partial charge < -0.3 is 15.0 Å². The summed E-state index contributed by atoms with van der Waals surface area (Å²) < 4.78 is 7.25. The van der Waals surface area contributed by atoms with Crippen LogP contribution < -0.4 is 15.4 Å². The van der Waals surface area contributed by atoms with E-state index < -0.39 is 17.5 Å². The highest BCUT2D eigenvalue weighted by Crippen LogP contribution is 2.34. The summed E-state index contributed by atoms with van der Waals surface area (Å²) in [6, 6.07) is 4.80. The smallest absolute Gasteiger partial charge is 0.322 e. The van der Waals surface area contributed by atoms with Crippen LogP contribution in [-0.2, 0) is 17.9 Å². The van der Waals surface area contributed by atoms with E-state index in [1.54, 1.807) is 18.1 Å². The van der Waals surface area contributed by atoms with Crippen molar-refractivity contribution in [1.29, 1.82) is 0 Å². The van der Waals surface area contributed by atoms with Crippen LogP contribution in [0.2, 0.25) is 0 Å². The lowest BCUT2D eigenvalue weighted by Gasteiger charge is -2.32. The van der Waals surface area contributed by atoms with E-state index in [0.717, 1.165) is 29.2 Å². The number of carbonyl (C=O) groups is 3. The lowest BCUT2D eigenvalue weighted by Crippen LogP contribution is -2.56. The number of hydrogen-bond acceptors (Lipinski definition) is 5. The van der Waals surface area contributed by atoms with Gasteiger partial charge in [0.25, 0.3) is 11.8 Å². The topological polar surface area (TPSA) is 106 Å². The van der Waals surface area contributed by atoms with Gasteiger partial charge in [-0.15, -0.1) is 0 Å². The number of nitrogens with one attached hydrogen (secondary N) is 2. The molecule has 2 N–H and O–H groups in total. The molecule has 1 saturated carbocycles. The van der Waals surface area contributed by atoms with Crippen LogP contribution in [0.4, 0.5) is 4.79 Å². The Balaban J connectivity index is 0.00000144. The van der Waals surface area contributed by atoms with Gasteiger partial charge in [-0.25, -0.2) is 4.79 Å². The Kier molecular flexibility index (Phi) is 6.93. The molecule has 2 aliphatic carbocycles. The normalized spacial score (nSPS) is 22.1. The molecule has 9 nitrogen and oxygen atoms in total. The summed E-state index contributed by atoms with van der Waals surface area (Å²) in [5.41, 5.74) is 2.73. The average Bonchev–Trinajstić information content (AvgIpc) is 3.52. The third-order valence-electron chi connectivity index (χ3n) is 7.30. The second-order valence-electron chi connectivity index (χ2n) is 9.81. The predicted octanol–water partition coefficient (Wildman–Crippen LogP) is 3.83. The van der Waals surface area contributed by atoms with Crippen molar-refractivity contribution in [3.8, 4) is 5.75 Å². The summed E-state index contributed by atoms with van der Waals surface area (Å²) in [7, 11) is 1.55. The molecular weight excluding hydrogens is 482 g/mol. The predicted molar refractivity (Wildman–Crippen MR) is 143 cm³/mol. The van der Waals surface area contributed by atoms with Crippen molar-refractivity contribution >= 4 is 23.4 Å². The van der Waals surface area contributed by atoms with Crippen LogP contribution in [-0.4, -0.2) is 51.7 Å². The minimum Gasteiger partial charge on any atom is -0.497 e. The number of urea groups is 1. The molecule has 6 rings (SSSR count). The summed E-state index contributed by atoms with van der Waals surface area (Å²) in [6.07, 6.45) is 14.8. The SMILES string of the molecule is CC.COc1ccc2c(c1)C(=O)N(C[C@@]1(C3=CC=C(c4cnn(CC5CC5)c4)CC=C3)NC(=O)NC1=O)C2. The van der Waals surface area contributed by atoms with Gasteiger partial charge in [-0.3, -0.25) is 19.6 Å². The molecule has 2 aromatic rings. The van der Waals surface area contributed by atoms with Gasteiger partial charge in [0.1, 0.15) is 5.75 Å². The van der Waals surface area contributed by atoms with Crippen molar-refractivity contribution in [2.75, 3.05) is 13.7 Å². The van der Waals surface area contributed by atoms with Crippen molar-refractivity contribution < 1.29 is 19.1 Å². The maximum Gasteiger partial charge on any atom is 0.322 e. The lowest BCUT2D eigenvalue weighted by atomic mass is 9.88. The summed E-state index contributed by atoms with van der Waals surface area (Å²) in [5.74, 6) is 0.656. The number of ether oxygens (including phenoxy) is 1. The molecule has 1 saturated heterocycles. The summed E-state index contributed by atoms with van der Waals surface area (Å²) in [5, 5.41) is 9.68. The number of fused-ring (bicyclic) bond motifs is 1. The molecule has 3 heterocycles. The molecule has 38 heavy (non-hydrogen) atoms. The number of carbonyl (C=O) groups excluding carboxylic acids is 3.